The predicted octanol–water partition coefficient (Wildman–Crippen LogP) is 5.83. The zero-order valence-corrected chi connectivity index (χ0v) is 21.2. The van der Waals surface area contributed by atoms with Crippen LogP contribution >= 0.6 is 0 Å². The second-order valence-corrected chi connectivity index (χ2v) is 14.0. The Kier molecular flexibility index (Phi) is 8.25. The van der Waals surface area contributed by atoms with Gasteiger partial charge in [0.2, 0.25) is 0 Å². The molecule has 1 N–H and O–H groups in total. The molecule has 0 amide bonds. The van der Waals surface area contributed by atoms with Crippen LogP contribution in [0.3, 0.4) is 0 Å². The Morgan fingerprint density at radius 2 is 1.33 bits per heavy atom. The SMILES string of the molecule is C=C(CO[Si](c1ccccc1)(c1ccccc1)C(C)(C)C)[C@H](C)[C@@H](O)/C=C/c1ccccc1. The van der Waals surface area contributed by atoms with E-state index in [1.807, 2.05) is 61.5 Å². The first-order valence-corrected chi connectivity index (χ1v) is 13.5. The Morgan fingerprint density at radius 3 is 1.79 bits per heavy atom. The van der Waals surface area contributed by atoms with E-state index in [2.05, 4.69) is 75.9 Å². The molecule has 2 nitrogen and oxygen atoms in total. The second kappa shape index (κ2) is 10.9. The standard InChI is InChI=1S/C30H36O2Si/c1-24(25(2)29(31)22-21-26-15-9-6-10-16-26)23-32-33(30(3,4)5,27-17-11-7-12-18-27)28-19-13-8-14-20-28/h6-22,25,29,31H,1,23H2,2-5H3/b22-21+/t25-,29-/m0/s1. The molecule has 0 heterocycles. The molecular weight excluding hydrogens is 420 g/mol. The summed E-state index contributed by atoms with van der Waals surface area (Å²) >= 11 is 0. The average Bonchev–Trinajstić information content (AvgIpc) is 2.83. The van der Waals surface area contributed by atoms with Gasteiger partial charge >= 0.3 is 0 Å². The number of benzene rings is 3. The van der Waals surface area contributed by atoms with Crippen molar-refractivity contribution in [3.8, 4) is 0 Å². The quantitative estimate of drug-likeness (QED) is 0.324. The minimum absolute atomic E-state index is 0.0922. The van der Waals surface area contributed by atoms with Crippen molar-refractivity contribution in [1.29, 1.82) is 0 Å². The van der Waals surface area contributed by atoms with Crippen LogP contribution in [0.5, 0.6) is 0 Å². The fourth-order valence-electron chi connectivity index (χ4n) is 4.28. The van der Waals surface area contributed by atoms with E-state index in [1.54, 1.807) is 0 Å². The number of hydrogen-bond acceptors (Lipinski definition) is 2. The van der Waals surface area contributed by atoms with Crippen LogP contribution in [0.2, 0.25) is 5.04 Å². The highest BCUT2D eigenvalue weighted by molar-refractivity contribution is 6.99. The predicted molar refractivity (Wildman–Crippen MR) is 143 cm³/mol. The molecule has 0 aliphatic rings. The fourth-order valence-corrected chi connectivity index (χ4v) is 8.83. The van der Waals surface area contributed by atoms with E-state index in [-0.39, 0.29) is 11.0 Å². The maximum absolute atomic E-state index is 10.8. The highest BCUT2D eigenvalue weighted by Crippen LogP contribution is 2.37. The van der Waals surface area contributed by atoms with Crippen molar-refractivity contribution in [1.82, 2.24) is 0 Å². The molecule has 0 saturated heterocycles. The smallest absolute Gasteiger partial charge is 0.261 e. The Morgan fingerprint density at radius 1 is 0.879 bits per heavy atom. The summed E-state index contributed by atoms with van der Waals surface area (Å²) in [7, 11) is -2.62. The van der Waals surface area contributed by atoms with E-state index in [0.29, 0.717) is 6.61 Å². The van der Waals surface area contributed by atoms with Crippen LogP contribution in [0, 0.1) is 5.92 Å². The molecule has 0 aliphatic heterocycles. The summed E-state index contributed by atoms with van der Waals surface area (Å²) in [5.41, 5.74) is 1.96. The first-order chi connectivity index (χ1) is 15.8. The topological polar surface area (TPSA) is 29.5 Å². The third-order valence-electron chi connectivity index (χ3n) is 6.33. The molecule has 3 heteroatoms. The summed E-state index contributed by atoms with van der Waals surface area (Å²) in [6.07, 6.45) is 3.17. The molecule has 0 aromatic heterocycles. The summed E-state index contributed by atoms with van der Waals surface area (Å²) in [5, 5.41) is 13.2. The van der Waals surface area contributed by atoms with Crippen molar-refractivity contribution >= 4 is 24.8 Å². The molecule has 3 aromatic rings. The largest absolute Gasteiger partial charge is 0.403 e. The lowest BCUT2D eigenvalue weighted by atomic mass is 9.96. The van der Waals surface area contributed by atoms with Gasteiger partial charge in [0.1, 0.15) is 0 Å². The van der Waals surface area contributed by atoms with Crippen molar-refractivity contribution in [3.05, 3.63) is 115 Å². The maximum atomic E-state index is 10.8. The minimum Gasteiger partial charge on any atom is -0.403 e. The summed E-state index contributed by atoms with van der Waals surface area (Å²) in [4.78, 5) is 0. The Balaban J connectivity index is 1.85. The van der Waals surface area contributed by atoms with Crippen molar-refractivity contribution < 1.29 is 9.53 Å². The molecule has 3 aromatic carbocycles. The van der Waals surface area contributed by atoms with E-state index in [0.717, 1.165) is 11.1 Å². The van der Waals surface area contributed by atoms with Crippen LogP contribution in [-0.4, -0.2) is 26.1 Å². The summed E-state index contributed by atoms with van der Waals surface area (Å²) in [6, 6.07) is 31.2. The van der Waals surface area contributed by atoms with E-state index >= 15 is 0 Å². The van der Waals surface area contributed by atoms with Gasteiger partial charge in [0.05, 0.1) is 12.7 Å². The van der Waals surface area contributed by atoms with Gasteiger partial charge in [-0.3, -0.25) is 0 Å². The molecule has 0 aliphatic carbocycles. The molecular formula is C30H36O2Si. The Hall–Kier alpha value is -2.72. The molecule has 3 rings (SSSR count). The molecule has 0 radical (unpaired) electrons. The van der Waals surface area contributed by atoms with E-state index in [9.17, 15) is 5.11 Å². The van der Waals surface area contributed by atoms with Gasteiger partial charge in [-0.2, -0.15) is 0 Å². The van der Waals surface area contributed by atoms with Gasteiger partial charge in [0, 0.05) is 5.92 Å². The fraction of sp³-hybridized carbons (Fsp3) is 0.267. The third kappa shape index (κ3) is 5.80. The molecule has 0 unspecified atom stereocenters. The van der Waals surface area contributed by atoms with Crippen LogP contribution in [0.1, 0.15) is 33.3 Å². The van der Waals surface area contributed by atoms with Gasteiger partial charge in [-0.05, 0) is 26.5 Å². The first kappa shape index (κ1) is 24.9. The molecule has 0 saturated carbocycles. The lowest BCUT2D eigenvalue weighted by Gasteiger charge is -2.43. The van der Waals surface area contributed by atoms with E-state index in [4.69, 9.17) is 4.43 Å². The number of aliphatic hydroxyl groups excluding tert-OH is 1. The highest BCUT2D eigenvalue weighted by Gasteiger charge is 2.50. The number of rotatable bonds is 9. The monoisotopic (exact) mass is 456 g/mol. The maximum Gasteiger partial charge on any atom is 0.261 e. The van der Waals surface area contributed by atoms with E-state index < -0.39 is 14.4 Å². The van der Waals surface area contributed by atoms with Crippen molar-refractivity contribution in [3.63, 3.8) is 0 Å². The zero-order valence-electron chi connectivity index (χ0n) is 20.2. The van der Waals surface area contributed by atoms with Crippen LogP contribution in [-0.2, 0) is 4.43 Å². The normalized spacial score (nSPS) is 14.2. The average molecular weight is 457 g/mol. The number of aliphatic hydroxyl groups is 1. The van der Waals surface area contributed by atoms with Crippen molar-refractivity contribution in [2.45, 2.75) is 38.8 Å². The Bertz CT molecular complexity index is 997. The van der Waals surface area contributed by atoms with Crippen LogP contribution in [0.4, 0.5) is 0 Å². The van der Waals surface area contributed by atoms with Crippen molar-refractivity contribution in [2.24, 2.45) is 5.92 Å². The zero-order chi connectivity index (χ0) is 23.9. The minimum atomic E-state index is -2.62. The summed E-state index contributed by atoms with van der Waals surface area (Å²) in [5.74, 6) is -0.122. The van der Waals surface area contributed by atoms with Crippen LogP contribution < -0.4 is 10.4 Å². The third-order valence-corrected chi connectivity index (χ3v) is 11.3. The van der Waals surface area contributed by atoms with Gasteiger partial charge in [-0.15, -0.1) is 0 Å². The number of hydrogen-bond donors (Lipinski definition) is 1. The van der Waals surface area contributed by atoms with Gasteiger partial charge in [-0.25, -0.2) is 0 Å². The summed E-state index contributed by atoms with van der Waals surface area (Å²) in [6.45, 7) is 13.5. The molecule has 0 bridgehead atoms. The van der Waals surface area contributed by atoms with Gasteiger partial charge in [0.15, 0.2) is 0 Å². The lowest BCUT2D eigenvalue weighted by molar-refractivity contribution is 0.172. The van der Waals surface area contributed by atoms with Gasteiger partial charge in [-0.1, -0.05) is 137 Å². The lowest BCUT2D eigenvalue weighted by Crippen LogP contribution is -2.66. The first-order valence-electron chi connectivity index (χ1n) is 11.6. The molecule has 2 atom stereocenters. The molecule has 0 fully saturated rings. The molecule has 0 spiro atoms. The molecule has 33 heavy (non-hydrogen) atoms. The van der Waals surface area contributed by atoms with Crippen molar-refractivity contribution in [2.75, 3.05) is 6.61 Å². The summed E-state index contributed by atoms with van der Waals surface area (Å²) < 4.78 is 6.97. The van der Waals surface area contributed by atoms with Crippen LogP contribution in [0.25, 0.3) is 6.08 Å². The van der Waals surface area contributed by atoms with Gasteiger partial charge in [0.25, 0.3) is 8.32 Å². The second-order valence-electron chi connectivity index (χ2n) is 9.66. The molecule has 172 valence electrons. The Labute approximate surface area is 200 Å². The highest BCUT2D eigenvalue weighted by atomic mass is 28.4. The van der Waals surface area contributed by atoms with Gasteiger partial charge < -0.3 is 9.53 Å². The van der Waals surface area contributed by atoms with E-state index in [1.165, 1.54) is 10.4 Å². The van der Waals surface area contributed by atoms with Crippen LogP contribution in [0.15, 0.2) is 109 Å².